The normalized spacial score (nSPS) is 20.5. The summed E-state index contributed by atoms with van der Waals surface area (Å²) < 4.78 is 0. The average molecular weight is 307 g/mol. The standard InChI is InChI=1S/C17H23ClN2O/c1-19(17(21)14-5-6-14)16-7-9-20(10-8-16)12-13-3-2-4-15(18)11-13/h2-4,11,14,16H,5-10,12H2,1H3. The number of amides is 1. The fourth-order valence-electron chi connectivity index (χ4n) is 3.16. The van der Waals surface area contributed by atoms with E-state index in [9.17, 15) is 4.79 Å². The Morgan fingerprint density at radius 3 is 2.62 bits per heavy atom. The van der Waals surface area contributed by atoms with Crippen LogP contribution in [0.1, 0.15) is 31.2 Å². The van der Waals surface area contributed by atoms with Crippen LogP contribution in [-0.2, 0) is 11.3 Å². The number of benzene rings is 1. The van der Waals surface area contributed by atoms with Crippen molar-refractivity contribution in [2.24, 2.45) is 5.92 Å². The number of carbonyl (C=O) groups is 1. The highest BCUT2D eigenvalue weighted by Gasteiger charge is 2.35. The lowest BCUT2D eigenvalue weighted by Gasteiger charge is -2.37. The van der Waals surface area contributed by atoms with Crippen LogP contribution >= 0.6 is 11.6 Å². The number of likely N-dealkylation sites (tertiary alicyclic amines) is 1. The third-order valence-corrected chi connectivity index (χ3v) is 4.91. The predicted molar refractivity (Wildman–Crippen MR) is 85.2 cm³/mol. The molecule has 1 saturated carbocycles. The van der Waals surface area contributed by atoms with Crippen molar-refractivity contribution in [2.75, 3.05) is 20.1 Å². The van der Waals surface area contributed by atoms with Gasteiger partial charge in [0.2, 0.25) is 5.91 Å². The molecule has 1 aromatic rings. The largest absolute Gasteiger partial charge is 0.342 e. The maximum Gasteiger partial charge on any atom is 0.225 e. The van der Waals surface area contributed by atoms with Gasteiger partial charge in [0, 0.05) is 43.7 Å². The first-order chi connectivity index (χ1) is 10.1. The highest BCUT2D eigenvalue weighted by atomic mass is 35.5. The van der Waals surface area contributed by atoms with Gasteiger partial charge in [0.1, 0.15) is 0 Å². The Morgan fingerprint density at radius 1 is 1.29 bits per heavy atom. The zero-order chi connectivity index (χ0) is 14.8. The molecule has 1 saturated heterocycles. The first kappa shape index (κ1) is 14.9. The Kier molecular flexibility index (Phi) is 4.51. The molecule has 3 rings (SSSR count). The Balaban J connectivity index is 1.49. The molecule has 1 aliphatic carbocycles. The van der Waals surface area contributed by atoms with E-state index in [4.69, 9.17) is 11.6 Å². The van der Waals surface area contributed by atoms with Gasteiger partial charge >= 0.3 is 0 Å². The average Bonchev–Trinajstić information content (AvgIpc) is 3.31. The molecular formula is C17H23ClN2O. The molecule has 114 valence electrons. The molecule has 0 unspecified atom stereocenters. The second-order valence-corrected chi connectivity index (χ2v) is 6.80. The number of nitrogens with zero attached hydrogens (tertiary/aromatic N) is 2. The summed E-state index contributed by atoms with van der Waals surface area (Å²) in [6.07, 6.45) is 4.35. The van der Waals surface area contributed by atoms with Gasteiger partial charge in [-0.2, -0.15) is 0 Å². The Labute approximate surface area is 131 Å². The van der Waals surface area contributed by atoms with Crippen molar-refractivity contribution < 1.29 is 4.79 Å². The van der Waals surface area contributed by atoms with E-state index in [0.717, 1.165) is 50.3 Å². The number of hydrogen-bond donors (Lipinski definition) is 0. The van der Waals surface area contributed by atoms with Crippen molar-refractivity contribution in [1.29, 1.82) is 0 Å². The summed E-state index contributed by atoms with van der Waals surface area (Å²) in [4.78, 5) is 16.6. The van der Waals surface area contributed by atoms with Crippen LogP contribution in [0.25, 0.3) is 0 Å². The highest BCUT2D eigenvalue weighted by molar-refractivity contribution is 6.30. The van der Waals surface area contributed by atoms with E-state index in [2.05, 4.69) is 11.0 Å². The van der Waals surface area contributed by atoms with E-state index in [1.54, 1.807) is 0 Å². The summed E-state index contributed by atoms with van der Waals surface area (Å²) >= 11 is 6.03. The summed E-state index contributed by atoms with van der Waals surface area (Å²) in [5, 5.41) is 0.803. The van der Waals surface area contributed by atoms with Crippen molar-refractivity contribution in [3.05, 3.63) is 34.9 Å². The molecule has 2 aliphatic rings. The number of hydrogen-bond acceptors (Lipinski definition) is 2. The van der Waals surface area contributed by atoms with Crippen LogP contribution < -0.4 is 0 Å². The second-order valence-electron chi connectivity index (χ2n) is 6.36. The highest BCUT2D eigenvalue weighted by Crippen LogP contribution is 2.32. The van der Waals surface area contributed by atoms with E-state index in [1.165, 1.54) is 5.56 Å². The number of carbonyl (C=O) groups excluding carboxylic acids is 1. The quantitative estimate of drug-likeness (QED) is 0.853. The van der Waals surface area contributed by atoms with Crippen LogP contribution in [0.4, 0.5) is 0 Å². The van der Waals surface area contributed by atoms with Gasteiger partial charge in [0.25, 0.3) is 0 Å². The molecule has 1 aromatic carbocycles. The lowest BCUT2D eigenvalue weighted by molar-refractivity contribution is -0.134. The maximum atomic E-state index is 12.1. The fraction of sp³-hybridized carbons (Fsp3) is 0.588. The van der Waals surface area contributed by atoms with Gasteiger partial charge in [0.05, 0.1) is 0 Å². The molecule has 21 heavy (non-hydrogen) atoms. The van der Waals surface area contributed by atoms with Gasteiger partial charge in [-0.15, -0.1) is 0 Å². The molecule has 1 heterocycles. The molecular weight excluding hydrogens is 284 g/mol. The van der Waals surface area contributed by atoms with E-state index in [1.807, 2.05) is 30.1 Å². The molecule has 0 N–H and O–H groups in total. The zero-order valence-corrected chi connectivity index (χ0v) is 13.4. The monoisotopic (exact) mass is 306 g/mol. The lowest BCUT2D eigenvalue weighted by atomic mass is 10.0. The SMILES string of the molecule is CN(C(=O)C1CC1)C1CCN(Cc2cccc(Cl)c2)CC1. The van der Waals surface area contributed by atoms with Gasteiger partial charge in [0.15, 0.2) is 0 Å². The fourth-order valence-corrected chi connectivity index (χ4v) is 3.37. The predicted octanol–water partition coefficient (Wildman–Crippen LogP) is 3.17. The first-order valence-electron chi connectivity index (χ1n) is 7.87. The lowest BCUT2D eigenvalue weighted by Crippen LogP contribution is -2.45. The minimum absolute atomic E-state index is 0.333. The summed E-state index contributed by atoms with van der Waals surface area (Å²) in [5.74, 6) is 0.697. The smallest absolute Gasteiger partial charge is 0.225 e. The van der Waals surface area contributed by atoms with Crippen LogP contribution in [0.15, 0.2) is 24.3 Å². The van der Waals surface area contributed by atoms with E-state index < -0.39 is 0 Å². The molecule has 0 atom stereocenters. The van der Waals surface area contributed by atoms with Crippen molar-refractivity contribution in [3.8, 4) is 0 Å². The van der Waals surface area contributed by atoms with E-state index >= 15 is 0 Å². The Morgan fingerprint density at radius 2 is 2.00 bits per heavy atom. The van der Waals surface area contributed by atoms with Crippen molar-refractivity contribution in [2.45, 2.75) is 38.3 Å². The molecule has 4 heteroatoms. The molecule has 0 radical (unpaired) electrons. The first-order valence-corrected chi connectivity index (χ1v) is 8.25. The van der Waals surface area contributed by atoms with E-state index in [0.29, 0.717) is 17.9 Å². The Bertz CT molecular complexity index is 507. The summed E-state index contributed by atoms with van der Waals surface area (Å²) in [6.45, 7) is 3.06. The van der Waals surface area contributed by atoms with Gasteiger partial charge in [-0.05, 0) is 43.4 Å². The maximum absolute atomic E-state index is 12.1. The van der Waals surface area contributed by atoms with Gasteiger partial charge in [-0.25, -0.2) is 0 Å². The van der Waals surface area contributed by atoms with Crippen molar-refractivity contribution in [3.63, 3.8) is 0 Å². The van der Waals surface area contributed by atoms with Crippen LogP contribution in [-0.4, -0.2) is 41.9 Å². The van der Waals surface area contributed by atoms with Crippen LogP contribution in [0.3, 0.4) is 0 Å². The van der Waals surface area contributed by atoms with Gasteiger partial charge in [-0.3, -0.25) is 9.69 Å². The van der Waals surface area contributed by atoms with Crippen LogP contribution in [0, 0.1) is 5.92 Å². The Hall–Kier alpha value is -1.06. The van der Waals surface area contributed by atoms with Crippen LogP contribution in [0.5, 0.6) is 0 Å². The van der Waals surface area contributed by atoms with E-state index in [-0.39, 0.29) is 0 Å². The molecule has 1 aliphatic heterocycles. The van der Waals surface area contributed by atoms with Crippen molar-refractivity contribution in [1.82, 2.24) is 9.80 Å². The topological polar surface area (TPSA) is 23.6 Å². The summed E-state index contributed by atoms with van der Waals surface area (Å²) in [6, 6.07) is 8.51. The molecule has 3 nitrogen and oxygen atoms in total. The molecule has 1 amide bonds. The molecule has 0 aromatic heterocycles. The second kappa shape index (κ2) is 6.37. The summed E-state index contributed by atoms with van der Waals surface area (Å²) in [7, 11) is 1.98. The van der Waals surface area contributed by atoms with Gasteiger partial charge in [-0.1, -0.05) is 23.7 Å². The molecule has 0 bridgehead atoms. The minimum atomic E-state index is 0.333. The number of halogens is 1. The third kappa shape index (κ3) is 3.78. The van der Waals surface area contributed by atoms with Crippen LogP contribution in [0.2, 0.25) is 5.02 Å². The van der Waals surface area contributed by atoms with Crippen molar-refractivity contribution >= 4 is 17.5 Å². The summed E-state index contributed by atoms with van der Waals surface area (Å²) in [5.41, 5.74) is 1.27. The minimum Gasteiger partial charge on any atom is -0.342 e. The molecule has 0 spiro atoms. The molecule has 2 fully saturated rings. The van der Waals surface area contributed by atoms with Gasteiger partial charge < -0.3 is 4.90 Å². The zero-order valence-electron chi connectivity index (χ0n) is 12.6. The number of rotatable bonds is 4. The third-order valence-electron chi connectivity index (χ3n) is 4.67. The number of piperidine rings is 1.